The lowest BCUT2D eigenvalue weighted by atomic mass is 9.77. The van der Waals surface area contributed by atoms with Crippen LogP contribution in [-0.2, 0) is 19.1 Å². The molecule has 0 aliphatic carbocycles. The molecule has 1 amide bonds. The van der Waals surface area contributed by atoms with E-state index in [0.717, 1.165) is 19.3 Å². The minimum atomic E-state index is -0.607. The van der Waals surface area contributed by atoms with Crippen molar-refractivity contribution in [3.8, 4) is 0 Å². The minimum absolute atomic E-state index is 0.0426. The molecule has 0 radical (unpaired) electrons. The Morgan fingerprint density at radius 3 is 2.96 bits per heavy atom. The fraction of sp³-hybridized carbons (Fsp3) is 0.778. The number of nitrogens with zero attached hydrogens (tertiary/aromatic N) is 1. The SMILES string of the molecule is CCCCCOC(=O)[C@H]1[C@H]2C(=O)N(CC(C)C)C[C@]23C=C[C@H]1O3. The number of unbranched alkanes of at least 4 members (excludes halogenated alkanes) is 2. The Kier molecular flexibility index (Phi) is 4.50. The highest BCUT2D eigenvalue weighted by molar-refractivity contribution is 5.91. The first-order valence-electron chi connectivity index (χ1n) is 8.81. The van der Waals surface area contributed by atoms with E-state index in [4.69, 9.17) is 9.47 Å². The summed E-state index contributed by atoms with van der Waals surface area (Å²) in [5.74, 6) is -0.723. The van der Waals surface area contributed by atoms with Crippen molar-refractivity contribution < 1.29 is 19.1 Å². The molecular weight excluding hydrogens is 294 g/mol. The van der Waals surface area contributed by atoms with Gasteiger partial charge in [0.05, 0.1) is 25.2 Å². The van der Waals surface area contributed by atoms with Gasteiger partial charge in [0, 0.05) is 6.54 Å². The second kappa shape index (κ2) is 6.27. The van der Waals surface area contributed by atoms with Gasteiger partial charge in [0.15, 0.2) is 0 Å². The molecule has 1 spiro atoms. The molecule has 128 valence electrons. The van der Waals surface area contributed by atoms with Gasteiger partial charge in [-0.15, -0.1) is 0 Å². The van der Waals surface area contributed by atoms with Gasteiger partial charge in [0.1, 0.15) is 11.5 Å². The maximum atomic E-state index is 12.8. The number of hydrogen-bond acceptors (Lipinski definition) is 4. The van der Waals surface area contributed by atoms with Crippen LogP contribution in [0.15, 0.2) is 12.2 Å². The zero-order chi connectivity index (χ0) is 16.6. The monoisotopic (exact) mass is 321 g/mol. The third-order valence-corrected chi connectivity index (χ3v) is 5.03. The van der Waals surface area contributed by atoms with E-state index in [0.29, 0.717) is 25.6 Å². The summed E-state index contributed by atoms with van der Waals surface area (Å²) in [6.45, 7) is 7.99. The van der Waals surface area contributed by atoms with Gasteiger partial charge in [-0.1, -0.05) is 45.8 Å². The van der Waals surface area contributed by atoms with Crippen molar-refractivity contribution in [2.45, 2.75) is 51.7 Å². The van der Waals surface area contributed by atoms with Crippen molar-refractivity contribution in [1.29, 1.82) is 0 Å². The van der Waals surface area contributed by atoms with Crippen LogP contribution < -0.4 is 0 Å². The molecule has 23 heavy (non-hydrogen) atoms. The number of esters is 1. The van der Waals surface area contributed by atoms with Gasteiger partial charge >= 0.3 is 5.97 Å². The van der Waals surface area contributed by atoms with E-state index in [1.807, 2.05) is 17.1 Å². The Labute approximate surface area is 138 Å². The third-order valence-electron chi connectivity index (χ3n) is 5.03. The van der Waals surface area contributed by atoms with Gasteiger partial charge in [0.2, 0.25) is 5.91 Å². The van der Waals surface area contributed by atoms with Gasteiger partial charge in [0.25, 0.3) is 0 Å². The van der Waals surface area contributed by atoms with Crippen LogP contribution in [0.3, 0.4) is 0 Å². The van der Waals surface area contributed by atoms with Gasteiger partial charge in [-0.3, -0.25) is 9.59 Å². The van der Waals surface area contributed by atoms with Gasteiger partial charge in [-0.25, -0.2) is 0 Å². The second-order valence-corrected chi connectivity index (χ2v) is 7.39. The van der Waals surface area contributed by atoms with E-state index < -0.39 is 17.4 Å². The number of rotatable bonds is 7. The first-order chi connectivity index (χ1) is 11.0. The van der Waals surface area contributed by atoms with Crippen LogP contribution in [0.4, 0.5) is 0 Å². The molecule has 4 atom stereocenters. The summed E-state index contributed by atoms with van der Waals surface area (Å²) < 4.78 is 11.5. The van der Waals surface area contributed by atoms with Crippen LogP contribution >= 0.6 is 0 Å². The number of likely N-dealkylation sites (tertiary alicyclic amines) is 1. The second-order valence-electron chi connectivity index (χ2n) is 7.39. The molecule has 0 unspecified atom stereocenters. The highest BCUT2D eigenvalue weighted by atomic mass is 16.6. The standard InChI is InChI=1S/C18H27NO4/c1-4-5-6-9-22-17(21)14-13-7-8-18(23-13)11-19(10-12(2)3)16(20)15(14)18/h7-8,12-15H,4-6,9-11H2,1-3H3/t13-,14-,15+,18-/m1/s1. The molecule has 0 aromatic heterocycles. The van der Waals surface area contributed by atoms with E-state index in [1.165, 1.54) is 0 Å². The summed E-state index contributed by atoms with van der Waals surface area (Å²) in [5, 5.41) is 0. The van der Waals surface area contributed by atoms with Crippen LogP contribution in [0.5, 0.6) is 0 Å². The van der Waals surface area contributed by atoms with Crippen molar-refractivity contribution in [3.63, 3.8) is 0 Å². The Bertz CT molecular complexity index is 515. The average molecular weight is 321 g/mol. The van der Waals surface area contributed by atoms with E-state index in [-0.39, 0.29) is 18.0 Å². The molecule has 2 bridgehead atoms. The van der Waals surface area contributed by atoms with E-state index >= 15 is 0 Å². The summed E-state index contributed by atoms with van der Waals surface area (Å²) in [4.78, 5) is 27.2. The molecule has 5 heteroatoms. The first-order valence-corrected chi connectivity index (χ1v) is 8.81. The lowest BCUT2D eigenvalue weighted by Crippen LogP contribution is -2.40. The largest absolute Gasteiger partial charge is 0.465 e. The van der Waals surface area contributed by atoms with E-state index in [1.54, 1.807) is 0 Å². The Morgan fingerprint density at radius 1 is 1.48 bits per heavy atom. The smallest absolute Gasteiger partial charge is 0.312 e. The average Bonchev–Trinajstić information content (AvgIpc) is 3.12. The minimum Gasteiger partial charge on any atom is -0.465 e. The Hall–Kier alpha value is -1.36. The molecule has 2 fully saturated rings. The summed E-state index contributed by atoms with van der Waals surface area (Å²) in [6, 6.07) is 0. The number of carbonyl (C=O) groups excluding carboxylic acids is 2. The molecule has 2 saturated heterocycles. The molecular formula is C18H27NO4. The molecule has 3 heterocycles. The third kappa shape index (κ3) is 2.80. The maximum absolute atomic E-state index is 12.8. The highest BCUT2D eigenvalue weighted by Gasteiger charge is 2.67. The quantitative estimate of drug-likeness (QED) is 0.410. The highest BCUT2D eigenvalue weighted by Crippen LogP contribution is 2.52. The van der Waals surface area contributed by atoms with Gasteiger partial charge < -0.3 is 14.4 Å². The van der Waals surface area contributed by atoms with Crippen molar-refractivity contribution in [2.24, 2.45) is 17.8 Å². The van der Waals surface area contributed by atoms with Crippen LogP contribution in [-0.4, -0.2) is 48.2 Å². The van der Waals surface area contributed by atoms with Crippen molar-refractivity contribution in [1.82, 2.24) is 4.90 Å². The van der Waals surface area contributed by atoms with Crippen LogP contribution in [0.1, 0.15) is 40.0 Å². The number of ether oxygens (including phenoxy) is 2. The Balaban J connectivity index is 1.70. The molecule has 0 aromatic rings. The summed E-state index contributed by atoms with van der Waals surface area (Å²) in [7, 11) is 0. The predicted octanol–water partition coefficient (Wildman–Crippen LogP) is 2.16. The summed E-state index contributed by atoms with van der Waals surface area (Å²) in [5.41, 5.74) is -0.607. The number of amides is 1. The molecule has 5 nitrogen and oxygen atoms in total. The normalized spacial score (nSPS) is 34.5. The summed E-state index contributed by atoms with van der Waals surface area (Å²) >= 11 is 0. The molecule has 0 aromatic carbocycles. The fourth-order valence-corrected chi connectivity index (χ4v) is 4.06. The lowest BCUT2D eigenvalue weighted by Gasteiger charge is -2.23. The van der Waals surface area contributed by atoms with Crippen LogP contribution in [0.25, 0.3) is 0 Å². The van der Waals surface area contributed by atoms with Crippen LogP contribution in [0.2, 0.25) is 0 Å². The van der Waals surface area contributed by atoms with E-state index in [9.17, 15) is 9.59 Å². The Morgan fingerprint density at radius 2 is 2.26 bits per heavy atom. The molecule has 0 N–H and O–H groups in total. The van der Waals surface area contributed by atoms with Crippen molar-refractivity contribution in [2.75, 3.05) is 19.7 Å². The van der Waals surface area contributed by atoms with E-state index in [2.05, 4.69) is 20.8 Å². The summed E-state index contributed by atoms with van der Waals surface area (Å²) in [6.07, 6.45) is 6.63. The zero-order valence-electron chi connectivity index (χ0n) is 14.3. The number of fused-ring (bicyclic) bond motifs is 1. The first kappa shape index (κ1) is 16.5. The topological polar surface area (TPSA) is 55.8 Å². The molecule has 3 aliphatic rings. The number of carbonyl (C=O) groups is 2. The van der Waals surface area contributed by atoms with Gasteiger partial charge in [-0.2, -0.15) is 0 Å². The molecule has 0 saturated carbocycles. The van der Waals surface area contributed by atoms with Gasteiger partial charge in [-0.05, 0) is 12.3 Å². The predicted molar refractivity (Wildman–Crippen MR) is 85.6 cm³/mol. The fourth-order valence-electron chi connectivity index (χ4n) is 4.06. The van der Waals surface area contributed by atoms with Crippen LogP contribution in [0, 0.1) is 17.8 Å². The zero-order valence-corrected chi connectivity index (χ0v) is 14.3. The molecule has 3 rings (SSSR count). The lowest BCUT2D eigenvalue weighted by molar-refractivity contribution is -0.154. The van der Waals surface area contributed by atoms with Crippen molar-refractivity contribution in [3.05, 3.63) is 12.2 Å². The molecule has 3 aliphatic heterocycles. The maximum Gasteiger partial charge on any atom is 0.312 e. The number of hydrogen-bond donors (Lipinski definition) is 0. The van der Waals surface area contributed by atoms with Crippen molar-refractivity contribution >= 4 is 11.9 Å².